The summed E-state index contributed by atoms with van der Waals surface area (Å²) in [6.07, 6.45) is -0.395. The molecule has 3 aromatic rings. The van der Waals surface area contributed by atoms with Crippen LogP contribution in [0.1, 0.15) is 40.7 Å². The highest BCUT2D eigenvalue weighted by molar-refractivity contribution is 14.1. The zero-order chi connectivity index (χ0) is 24.2. The number of amides is 2. The first-order valence-electron chi connectivity index (χ1n) is 10.8. The van der Waals surface area contributed by atoms with Crippen molar-refractivity contribution in [2.24, 2.45) is 0 Å². The van der Waals surface area contributed by atoms with Gasteiger partial charge in [0.15, 0.2) is 0 Å². The summed E-state index contributed by atoms with van der Waals surface area (Å²) in [6.45, 7) is 1.89. The first kappa shape index (κ1) is 23.7. The Bertz CT molecular complexity index is 1210. The van der Waals surface area contributed by atoms with E-state index in [2.05, 4.69) is 22.8 Å². The molecule has 0 fully saturated rings. The predicted molar refractivity (Wildman–Crippen MR) is 137 cm³/mol. The first-order valence-corrected chi connectivity index (χ1v) is 11.9. The minimum Gasteiger partial charge on any atom is -0.478 e. The Labute approximate surface area is 210 Å². The average Bonchev–Trinajstić information content (AvgIpc) is 3.15. The van der Waals surface area contributed by atoms with Gasteiger partial charge in [0.25, 0.3) is 0 Å². The van der Waals surface area contributed by atoms with Gasteiger partial charge in [-0.15, -0.1) is 0 Å². The van der Waals surface area contributed by atoms with Crippen LogP contribution in [0.4, 0.5) is 10.5 Å². The van der Waals surface area contributed by atoms with E-state index in [-0.39, 0.29) is 23.8 Å². The van der Waals surface area contributed by atoms with E-state index in [1.807, 2.05) is 59.0 Å². The number of rotatable bonds is 7. The van der Waals surface area contributed by atoms with Gasteiger partial charge in [-0.25, -0.2) is 9.59 Å². The van der Waals surface area contributed by atoms with Gasteiger partial charge in [-0.05, 0) is 69.5 Å². The van der Waals surface area contributed by atoms with Crippen LogP contribution in [-0.4, -0.2) is 35.7 Å². The van der Waals surface area contributed by atoms with Crippen LogP contribution in [0.3, 0.4) is 0 Å². The Morgan fingerprint density at radius 3 is 2.21 bits per heavy atom. The number of alkyl carbamates (subject to hydrolysis) is 1. The first-order chi connectivity index (χ1) is 16.4. The molecular weight excluding hydrogens is 547 g/mol. The second kappa shape index (κ2) is 10.3. The molecule has 0 saturated carbocycles. The number of hydrogen-bond donors (Lipinski definition) is 3. The Morgan fingerprint density at radius 2 is 1.62 bits per heavy atom. The molecule has 0 radical (unpaired) electrons. The number of carboxylic acid groups (broad SMARTS) is 1. The van der Waals surface area contributed by atoms with Crippen molar-refractivity contribution in [3.8, 4) is 11.1 Å². The van der Waals surface area contributed by atoms with Crippen LogP contribution in [0, 0.1) is 3.57 Å². The standard InChI is InChI=1S/C26H23IN2O5/c1-2-22(24(30)28-23-12-11-15(27)13-20(23)25(31)32)29-26(33)34-14-21-18-9-5-3-7-16(18)17-8-4-6-10-19(17)21/h3-13,21-22H,2,14H2,1H3,(H,28,30)(H,29,33)(H,31,32)/t22-/m0/s1. The number of benzene rings is 3. The molecule has 1 aliphatic rings. The lowest BCUT2D eigenvalue weighted by Gasteiger charge is -2.19. The minimum atomic E-state index is -1.15. The summed E-state index contributed by atoms with van der Waals surface area (Å²) < 4.78 is 6.26. The van der Waals surface area contributed by atoms with Crippen LogP contribution in [0.5, 0.6) is 0 Å². The van der Waals surface area contributed by atoms with Crippen molar-refractivity contribution < 1.29 is 24.2 Å². The van der Waals surface area contributed by atoms with E-state index in [4.69, 9.17) is 4.74 Å². The summed E-state index contributed by atoms with van der Waals surface area (Å²) in [5.41, 5.74) is 4.61. The summed E-state index contributed by atoms with van der Waals surface area (Å²) in [5, 5.41) is 14.6. The number of anilines is 1. The molecule has 0 saturated heterocycles. The Kier molecular flexibility index (Phi) is 7.16. The molecule has 4 rings (SSSR count). The number of carboxylic acids is 1. The average molecular weight is 570 g/mol. The molecule has 1 atom stereocenters. The van der Waals surface area contributed by atoms with E-state index >= 15 is 0 Å². The molecule has 8 heteroatoms. The molecular formula is C26H23IN2O5. The predicted octanol–water partition coefficient (Wildman–Crippen LogP) is 5.25. The molecule has 3 N–H and O–H groups in total. The van der Waals surface area contributed by atoms with E-state index in [0.717, 1.165) is 25.8 Å². The number of fused-ring (bicyclic) bond motifs is 3. The second-order valence-corrected chi connectivity index (χ2v) is 9.16. The normalized spacial score (nSPS) is 12.9. The van der Waals surface area contributed by atoms with Crippen molar-refractivity contribution in [2.45, 2.75) is 25.3 Å². The van der Waals surface area contributed by atoms with Gasteiger partial charge >= 0.3 is 12.1 Å². The van der Waals surface area contributed by atoms with Crippen LogP contribution in [0.2, 0.25) is 0 Å². The van der Waals surface area contributed by atoms with Crippen LogP contribution < -0.4 is 10.6 Å². The second-order valence-electron chi connectivity index (χ2n) is 7.92. The lowest BCUT2D eigenvalue weighted by Crippen LogP contribution is -2.44. The van der Waals surface area contributed by atoms with Crippen LogP contribution >= 0.6 is 22.6 Å². The summed E-state index contributed by atoms with van der Waals surface area (Å²) in [5.74, 6) is -1.75. The van der Waals surface area contributed by atoms with Gasteiger partial charge in [-0.3, -0.25) is 4.79 Å². The van der Waals surface area contributed by atoms with Gasteiger partial charge in [-0.1, -0.05) is 55.5 Å². The molecule has 0 unspecified atom stereocenters. The minimum absolute atomic E-state index is 0.0174. The fourth-order valence-electron chi connectivity index (χ4n) is 4.16. The third-order valence-electron chi connectivity index (χ3n) is 5.83. The molecule has 0 aromatic heterocycles. The SMILES string of the molecule is CC[C@H](NC(=O)OCC1c2ccccc2-c2ccccc21)C(=O)Nc1ccc(I)cc1C(=O)O. The topological polar surface area (TPSA) is 105 Å². The van der Waals surface area contributed by atoms with Crippen molar-refractivity contribution in [3.63, 3.8) is 0 Å². The lowest BCUT2D eigenvalue weighted by atomic mass is 9.98. The van der Waals surface area contributed by atoms with Gasteiger partial charge in [0, 0.05) is 9.49 Å². The number of halogens is 1. The van der Waals surface area contributed by atoms with Gasteiger partial charge < -0.3 is 20.5 Å². The van der Waals surface area contributed by atoms with Gasteiger partial charge in [0.05, 0.1) is 11.3 Å². The number of carbonyl (C=O) groups is 3. The molecule has 7 nitrogen and oxygen atoms in total. The molecule has 3 aromatic carbocycles. The van der Waals surface area contributed by atoms with E-state index in [1.54, 1.807) is 13.0 Å². The molecule has 174 valence electrons. The fourth-order valence-corrected chi connectivity index (χ4v) is 4.65. The third-order valence-corrected chi connectivity index (χ3v) is 6.50. The van der Waals surface area contributed by atoms with E-state index in [0.29, 0.717) is 6.42 Å². The molecule has 0 heterocycles. The van der Waals surface area contributed by atoms with Crippen molar-refractivity contribution >= 4 is 46.2 Å². The summed E-state index contributed by atoms with van der Waals surface area (Å²) in [4.78, 5) is 36.8. The fraction of sp³-hybridized carbons (Fsp3) is 0.192. The van der Waals surface area contributed by atoms with Crippen LogP contribution in [0.15, 0.2) is 66.7 Å². The van der Waals surface area contributed by atoms with Gasteiger partial charge in [0.2, 0.25) is 5.91 Å². The molecule has 0 bridgehead atoms. The Morgan fingerprint density at radius 1 is 1.00 bits per heavy atom. The quantitative estimate of drug-likeness (QED) is 0.337. The molecule has 2 amide bonds. The monoisotopic (exact) mass is 570 g/mol. The highest BCUT2D eigenvalue weighted by Crippen LogP contribution is 2.44. The van der Waals surface area contributed by atoms with E-state index < -0.39 is 24.0 Å². The third kappa shape index (κ3) is 4.91. The van der Waals surface area contributed by atoms with Crippen molar-refractivity contribution in [3.05, 3.63) is 87.0 Å². The van der Waals surface area contributed by atoms with Gasteiger partial charge in [0.1, 0.15) is 12.6 Å². The van der Waals surface area contributed by atoms with Crippen LogP contribution in [-0.2, 0) is 9.53 Å². The lowest BCUT2D eigenvalue weighted by molar-refractivity contribution is -0.118. The maximum absolute atomic E-state index is 12.8. The van der Waals surface area contributed by atoms with Gasteiger partial charge in [-0.2, -0.15) is 0 Å². The number of hydrogen-bond acceptors (Lipinski definition) is 4. The Balaban J connectivity index is 1.41. The van der Waals surface area contributed by atoms with Crippen LogP contribution in [0.25, 0.3) is 11.1 Å². The summed E-state index contributed by atoms with van der Waals surface area (Å²) in [6, 6.07) is 19.9. The zero-order valence-electron chi connectivity index (χ0n) is 18.4. The number of aromatic carboxylic acids is 1. The van der Waals surface area contributed by atoms with E-state index in [9.17, 15) is 19.5 Å². The maximum Gasteiger partial charge on any atom is 0.407 e. The summed E-state index contributed by atoms with van der Waals surface area (Å²) >= 11 is 2.00. The molecule has 34 heavy (non-hydrogen) atoms. The Hall–Kier alpha value is -3.40. The van der Waals surface area contributed by atoms with E-state index in [1.165, 1.54) is 12.1 Å². The number of nitrogens with one attached hydrogen (secondary N) is 2. The van der Waals surface area contributed by atoms with Crippen molar-refractivity contribution in [1.82, 2.24) is 5.32 Å². The smallest absolute Gasteiger partial charge is 0.407 e. The number of carbonyl (C=O) groups excluding carboxylic acids is 2. The highest BCUT2D eigenvalue weighted by Gasteiger charge is 2.29. The highest BCUT2D eigenvalue weighted by atomic mass is 127. The molecule has 0 aliphatic heterocycles. The van der Waals surface area contributed by atoms with Crippen molar-refractivity contribution in [2.75, 3.05) is 11.9 Å². The maximum atomic E-state index is 12.8. The zero-order valence-corrected chi connectivity index (χ0v) is 20.5. The number of ether oxygens (including phenoxy) is 1. The summed E-state index contributed by atoms with van der Waals surface area (Å²) in [7, 11) is 0. The molecule has 1 aliphatic carbocycles. The largest absolute Gasteiger partial charge is 0.478 e. The van der Waals surface area contributed by atoms with Crippen molar-refractivity contribution in [1.29, 1.82) is 0 Å². The molecule has 0 spiro atoms.